The largest absolute Gasteiger partial charge is 0.303 e. The maximum Gasteiger partial charge on any atom is 0.181 e. The van der Waals surface area contributed by atoms with E-state index in [9.17, 15) is 9.18 Å². The number of halogens is 1. The van der Waals surface area contributed by atoms with E-state index in [2.05, 4.69) is 23.9 Å². The van der Waals surface area contributed by atoms with Gasteiger partial charge in [0.2, 0.25) is 0 Å². The first-order valence-corrected chi connectivity index (χ1v) is 11.5. The molecule has 6 nitrogen and oxygen atoms in total. The number of fused-ring (bicyclic) bond motifs is 1. The molecule has 34 heavy (non-hydrogen) atoms. The van der Waals surface area contributed by atoms with E-state index in [-0.39, 0.29) is 18.1 Å². The number of alkyl halides is 1. The van der Waals surface area contributed by atoms with Crippen molar-refractivity contribution in [2.45, 2.75) is 26.4 Å². The number of nitrogens with zero attached hydrogens (tertiary/aromatic N) is 5. The van der Waals surface area contributed by atoms with E-state index in [1.165, 1.54) is 0 Å². The molecule has 1 aromatic carbocycles. The summed E-state index contributed by atoms with van der Waals surface area (Å²) < 4.78 is 16.2. The van der Waals surface area contributed by atoms with Gasteiger partial charge in [-0.2, -0.15) is 5.10 Å². The molecule has 0 saturated carbocycles. The fraction of sp³-hybridized carbons (Fsp3) is 0.333. The topological polar surface area (TPSA) is 63.9 Å². The van der Waals surface area contributed by atoms with Crippen molar-refractivity contribution in [2.75, 3.05) is 20.1 Å². The third-order valence-corrected chi connectivity index (χ3v) is 6.89. The molecule has 3 aromatic heterocycles. The van der Waals surface area contributed by atoms with Gasteiger partial charge in [0.1, 0.15) is 11.9 Å². The van der Waals surface area contributed by atoms with Crippen molar-refractivity contribution in [3.63, 3.8) is 0 Å². The van der Waals surface area contributed by atoms with Gasteiger partial charge in [0.15, 0.2) is 5.78 Å². The normalized spacial score (nSPS) is 18.6. The zero-order valence-electron chi connectivity index (χ0n) is 19.9. The summed E-state index contributed by atoms with van der Waals surface area (Å²) in [5, 5.41) is 5.34. The van der Waals surface area contributed by atoms with Crippen LogP contribution < -0.4 is 0 Å². The quantitative estimate of drug-likeness (QED) is 0.403. The summed E-state index contributed by atoms with van der Waals surface area (Å²) >= 11 is 0. The lowest BCUT2D eigenvalue weighted by atomic mass is 9.89. The van der Waals surface area contributed by atoms with Crippen LogP contribution in [0.25, 0.3) is 33.3 Å². The number of likely N-dealkylation sites (tertiary alicyclic amines) is 1. The highest BCUT2D eigenvalue weighted by atomic mass is 19.1. The van der Waals surface area contributed by atoms with Gasteiger partial charge < -0.3 is 4.90 Å². The first-order chi connectivity index (χ1) is 16.3. The Labute approximate surface area is 198 Å². The van der Waals surface area contributed by atoms with Crippen molar-refractivity contribution in [1.82, 2.24) is 24.6 Å². The monoisotopic (exact) mass is 457 g/mol. The van der Waals surface area contributed by atoms with Gasteiger partial charge in [-0.1, -0.05) is 0 Å². The highest BCUT2D eigenvalue weighted by molar-refractivity contribution is 6.05. The Kier molecular flexibility index (Phi) is 5.73. The number of hydrogen-bond acceptors (Lipinski definition) is 5. The number of aryl methyl sites for hydroxylation is 3. The zero-order chi connectivity index (χ0) is 24.0. The van der Waals surface area contributed by atoms with Crippen LogP contribution in [0.3, 0.4) is 0 Å². The molecular weight excluding hydrogens is 429 g/mol. The highest BCUT2D eigenvalue weighted by Gasteiger charge is 2.33. The molecule has 1 fully saturated rings. The van der Waals surface area contributed by atoms with Crippen LogP contribution in [-0.2, 0) is 7.05 Å². The van der Waals surface area contributed by atoms with Gasteiger partial charge in [-0.25, -0.2) is 9.37 Å². The SMILES string of the molecule is Cc1cc2nc(C(=O)C[C@@H]3CN(C)C[C@@H]3F)cc(-c3ccnn3C)c2c(C)c1-c1ccncc1. The van der Waals surface area contributed by atoms with Crippen LogP contribution in [0, 0.1) is 19.8 Å². The Hall–Kier alpha value is -3.45. The van der Waals surface area contributed by atoms with Crippen molar-refractivity contribution < 1.29 is 9.18 Å². The Balaban J connectivity index is 1.69. The molecule has 4 heterocycles. The minimum absolute atomic E-state index is 0.123. The lowest BCUT2D eigenvalue weighted by Crippen LogP contribution is -2.18. The molecular formula is C27H28FN5O. The number of aromatic nitrogens is 4. The number of benzene rings is 1. The number of carbonyl (C=O) groups excluding carboxylic acids is 1. The third kappa shape index (κ3) is 3.90. The van der Waals surface area contributed by atoms with E-state index in [0.29, 0.717) is 18.8 Å². The van der Waals surface area contributed by atoms with Crippen molar-refractivity contribution >= 4 is 16.7 Å². The summed E-state index contributed by atoms with van der Waals surface area (Å²) in [4.78, 5) is 24.2. The number of hydrogen-bond donors (Lipinski definition) is 0. The second-order valence-electron chi connectivity index (χ2n) is 9.34. The van der Waals surface area contributed by atoms with Crippen LogP contribution in [-0.4, -0.2) is 56.7 Å². The lowest BCUT2D eigenvalue weighted by molar-refractivity contribution is 0.0940. The van der Waals surface area contributed by atoms with Crippen molar-refractivity contribution in [2.24, 2.45) is 13.0 Å². The summed E-state index contributed by atoms with van der Waals surface area (Å²) in [6.45, 7) is 5.11. The molecule has 0 aliphatic carbocycles. The summed E-state index contributed by atoms with van der Waals surface area (Å²) in [6.07, 6.45) is 4.50. The standard InChI is InChI=1S/C27H28FN5O/c1-16-11-23-27(17(2)26(16)18-5-8-29-9-6-18)20(24-7-10-30-33(24)4)13-22(31-23)25(34)12-19-14-32(3)15-21(19)28/h5-11,13,19,21H,12,14-15H2,1-4H3/t19-,21+/m1/s1. The Morgan fingerprint density at radius 2 is 1.85 bits per heavy atom. The summed E-state index contributed by atoms with van der Waals surface area (Å²) in [7, 11) is 3.77. The smallest absolute Gasteiger partial charge is 0.181 e. The molecule has 7 heteroatoms. The Morgan fingerprint density at radius 1 is 1.09 bits per heavy atom. The number of ketones is 1. The van der Waals surface area contributed by atoms with E-state index in [1.54, 1.807) is 23.3 Å². The molecule has 5 rings (SSSR count). The predicted molar refractivity (Wildman–Crippen MR) is 131 cm³/mol. The van der Waals surface area contributed by atoms with Crippen LogP contribution in [0.4, 0.5) is 4.39 Å². The molecule has 0 unspecified atom stereocenters. The van der Waals surface area contributed by atoms with Gasteiger partial charge >= 0.3 is 0 Å². The Morgan fingerprint density at radius 3 is 2.50 bits per heavy atom. The third-order valence-electron chi connectivity index (χ3n) is 6.89. The second kappa shape index (κ2) is 8.72. The second-order valence-corrected chi connectivity index (χ2v) is 9.34. The van der Waals surface area contributed by atoms with Crippen LogP contribution in [0.15, 0.2) is 48.9 Å². The van der Waals surface area contributed by atoms with Gasteiger partial charge in [0, 0.05) is 62.0 Å². The van der Waals surface area contributed by atoms with E-state index in [1.807, 2.05) is 49.3 Å². The van der Waals surface area contributed by atoms with Crippen LogP contribution in [0.1, 0.15) is 28.0 Å². The van der Waals surface area contributed by atoms with Crippen molar-refractivity contribution in [1.29, 1.82) is 0 Å². The summed E-state index contributed by atoms with van der Waals surface area (Å²) in [5.41, 5.74) is 7.32. The number of Topliss-reactive ketones (excluding diaryl/α,β-unsaturated/α-hetero) is 1. The molecule has 1 aliphatic rings. The summed E-state index contributed by atoms with van der Waals surface area (Å²) in [5.74, 6) is -0.422. The van der Waals surface area contributed by atoms with Crippen LogP contribution >= 0.6 is 0 Å². The maximum atomic E-state index is 14.4. The molecule has 0 spiro atoms. The zero-order valence-corrected chi connectivity index (χ0v) is 19.9. The fourth-order valence-corrected chi connectivity index (χ4v) is 5.28. The number of pyridine rings is 2. The average molecular weight is 458 g/mol. The van der Waals surface area contributed by atoms with Gasteiger partial charge in [-0.3, -0.25) is 14.5 Å². The first-order valence-electron chi connectivity index (χ1n) is 11.5. The van der Waals surface area contributed by atoms with Crippen molar-refractivity contribution in [3.8, 4) is 22.4 Å². The number of rotatable bonds is 5. The van der Waals surface area contributed by atoms with Gasteiger partial charge in [0.25, 0.3) is 0 Å². The highest BCUT2D eigenvalue weighted by Crippen LogP contribution is 2.38. The van der Waals surface area contributed by atoms with Gasteiger partial charge in [-0.15, -0.1) is 0 Å². The maximum absolute atomic E-state index is 14.4. The predicted octanol–water partition coefficient (Wildman–Crippen LogP) is 4.79. The van der Waals surface area contributed by atoms with E-state index in [0.717, 1.165) is 44.4 Å². The molecule has 4 aromatic rings. The van der Waals surface area contributed by atoms with Gasteiger partial charge in [0.05, 0.1) is 11.2 Å². The molecule has 2 atom stereocenters. The molecule has 1 saturated heterocycles. The summed E-state index contributed by atoms with van der Waals surface area (Å²) in [6, 6.07) is 9.84. The average Bonchev–Trinajstić information content (AvgIpc) is 3.37. The fourth-order valence-electron chi connectivity index (χ4n) is 5.28. The van der Waals surface area contributed by atoms with E-state index >= 15 is 0 Å². The van der Waals surface area contributed by atoms with Crippen LogP contribution in [0.2, 0.25) is 0 Å². The molecule has 0 amide bonds. The van der Waals surface area contributed by atoms with Crippen molar-refractivity contribution in [3.05, 3.63) is 65.7 Å². The molecule has 0 radical (unpaired) electrons. The van der Waals surface area contributed by atoms with E-state index < -0.39 is 6.17 Å². The minimum Gasteiger partial charge on any atom is -0.303 e. The minimum atomic E-state index is -0.988. The first kappa shape index (κ1) is 22.3. The van der Waals surface area contributed by atoms with Crippen LogP contribution in [0.5, 0.6) is 0 Å². The molecule has 1 aliphatic heterocycles. The molecule has 0 N–H and O–H groups in total. The molecule has 0 bridgehead atoms. The van der Waals surface area contributed by atoms with E-state index in [4.69, 9.17) is 4.98 Å². The van der Waals surface area contributed by atoms with Gasteiger partial charge in [-0.05, 0) is 73.5 Å². The number of carbonyl (C=O) groups is 1. The Bertz CT molecular complexity index is 1380. The molecule has 174 valence electrons. The lowest BCUT2D eigenvalue weighted by Gasteiger charge is -2.18.